The zero-order valence-corrected chi connectivity index (χ0v) is 15.3. The molecule has 0 radical (unpaired) electrons. The van der Waals surface area contributed by atoms with Crippen LogP contribution in [0.15, 0.2) is 42.5 Å². The van der Waals surface area contributed by atoms with E-state index in [1.54, 1.807) is 6.07 Å². The molecule has 2 aromatic rings. The minimum atomic E-state index is -2.77. The minimum absolute atomic E-state index is 0.331. The molecule has 0 aliphatic heterocycles. The molecule has 3 rings (SSSR count). The number of aryl methyl sites for hydroxylation is 2. The lowest BCUT2D eigenvalue weighted by Crippen LogP contribution is -2.05. The molecule has 0 aromatic heterocycles. The average molecular weight is 354 g/mol. The molecule has 0 bridgehead atoms. The predicted octanol–water partition coefficient (Wildman–Crippen LogP) is 5.96. The number of benzene rings is 2. The van der Waals surface area contributed by atoms with Crippen LogP contribution in [0, 0.1) is 17.8 Å². The van der Waals surface area contributed by atoms with Crippen molar-refractivity contribution in [3.63, 3.8) is 0 Å². The van der Waals surface area contributed by atoms with Crippen molar-refractivity contribution in [3.05, 3.63) is 64.7 Å². The summed E-state index contributed by atoms with van der Waals surface area (Å²) in [5, 5.41) is 0. The van der Waals surface area contributed by atoms with Crippen molar-refractivity contribution in [2.24, 2.45) is 5.92 Å². The van der Waals surface area contributed by atoms with Crippen LogP contribution in [0.1, 0.15) is 54.9 Å². The molecule has 2 aromatic carbocycles. The quantitative estimate of drug-likeness (QED) is 0.582. The Bertz CT molecular complexity index is 810. The van der Waals surface area contributed by atoms with Crippen molar-refractivity contribution in [2.45, 2.75) is 52.1 Å². The average Bonchev–Trinajstić information content (AvgIpc) is 3.44. The lowest BCUT2D eigenvalue weighted by atomic mass is 9.99. The Morgan fingerprint density at radius 1 is 1.04 bits per heavy atom. The van der Waals surface area contributed by atoms with E-state index in [-0.39, 0.29) is 0 Å². The molecule has 1 fully saturated rings. The van der Waals surface area contributed by atoms with E-state index < -0.39 is 6.61 Å². The van der Waals surface area contributed by atoms with Crippen LogP contribution >= 0.6 is 0 Å². The van der Waals surface area contributed by atoms with Gasteiger partial charge in [-0.2, -0.15) is 8.78 Å². The first kappa shape index (κ1) is 18.5. The molecule has 136 valence electrons. The fraction of sp³-hybridized carbons (Fsp3) is 0.391. The summed E-state index contributed by atoms with van der Waals surface area (Å²) < 4.78 is 29.8. The normalized spacial score (nSPS) is 13.6. The molecule has 26 heavy (non-hydrogen) atoms. The highest BCUT2D eigenvalue weighted by molar-refractivity contribution is 5.42. The van der Waals surface area contributed by atoms with E-state index in [0.717, 1.165) is 42.4 Å². The summed E-state index contributed by atoms with van der Waals surface area (Å²) in [4.78, 5) is 0. The van der Waals surface area contributed by atoms with Gasteiger partial charge < -0.3 is 4.74 Å². The summed E-state index contributed by atoms with van der Waals surface area (Å²) in [5.41, 5.74) is 4.36. The monoisotopic (exact) mass is 354 g/mol. The Morgan fingerprint density at radius 3 is 2.42 bits per heavy atom. The van der Waals surface area contributed by atoms with Gasteiger partial charge in [-0.25, -0.2) is 0 Å². The number of ether oxygens (including phenoxy) is 1. The van der Waals surface area contributed by atoms with Gasteiger partial charge >= 0.3 is 6.61 Å². The number of hydrogen-bond donors (Lipinski definition) is 0. The standard InChI is InChI=1S/C23H24F2O/c1-16(2)6-7-17-4-3-5-18(14-17)8-9-19-10-13-22(26-23(24)25)21(15-19)20-11-12-20/h3-5,10,13-16,20,23H,8-9,11-12H2,1-2H3. The topological polar surface area (TPSA) is 9.23 Å². The summed E-state index contributed by atoms with van der Waals surface area (Å²) in [5.74, 6) is 7.45. The fourth-order valence-electron chi connectivity index (χ4n) is 2.99. The Morgan fingerprint density at radius 2 is 1.77 bits per heavy atom. The minimum Gasteiger partial charge on any atom is -0.435 e. The molecule has 0 amide bonds. The van der Waals surface area contributed by atoms with Crippen LogP contribution in [0.4, 0.5) is 8.78 Å². The van der Waals surface area contributed by atoms with Gasteiger partial charge in [-0.05, 0) is 66.5 Å². The Kier molecular flexibility index (Phi) is 5.93. The van der Waals surface area contributed by atoms with E-state index in [0.29, 0.717) is 17.6 Å². The van der Waals surface area contributed by atoms with E-state index in [1.807, 2.05) is 24.3 Å². The maximum Gasteiger partial charge on any atom is 0.387 e. The van der Waals surface area contributed by atoms with Gasteiger partial charge in [-0.3, -0.25) is 0 Å². The van der Waals surface area contributed by atoms with Crippen LogP contribution < -0.4 is 4.74 Å². The maximum atomic E-state index is 12.6. The third-order valence-corrected chi connectivity index (χ3v) is 4.44. The number of alkyl halides is 2. The molecule has 1 aliphatic carbocycles. The van der Waals surface area contributed by atoms with Crippen molar-refractivity contribution in [1.29, 1.82) is 0 Å². The highest BCUT2D eigenvalue weighted by atomic mass is 19.3. The molecular formula is C23H24F2O. The smallest absolute Gasteiger partial charge is 0.387 e. The van der Waals surface area contributed by atoms with E-state index >= 15 is 0 Å². The molecule has 0 spiro atoms. The van der Waals surface area contributed by atoms with Gasteiger partial charge in [0.1, 0.15) is 5.75 Å². The second-order valence-electron chi connectivity index (χ2n) is 7.15. The Balaban J connectivity index is 1.69. The van der Waals surface area contributed by atoms with E-state index in [4.69, 9.17) is 0 Å². The highest BCUT2D eigenvalue weighted by Gasteiger charge is 2.27. The lowest BCUT2D eigenvalue weighted by molar-refractivity contribution is -0.0504. The van der Waals surface area contributed by atoms with Crippen LogP contribution in [0.3, 0.4) is 0 Å². The molecule has 1 saturated carbocycles. The summed E-state index contributed by atoms with van der Waals surface area (Å²) >= 11 is 0. The van der Waals surface area contributed by atoms with Crippen molar-refractivity contribution < 1.29 is 13.5 Å². The van der Waals surface area contributed by atoms with Gasteiger partial charge in [-0.1, -0.05) is 50.0 Å². The predicted molar refractivity (Wildman–Crippen MR) is 101 cm³/mol. The molecule has 0 heterocycles. The molecule has 0 atom stereocenters. The first-order chi connectivity index (χ1) is 12.5. The van der Waals surface area contributed by atoms with E-state index in [1.165, 1.54) is 5.56 Å². The SMILES string of the molecule is CC(C)C#Cc1cccc(CCc2ccc(OC(F)F)c(C3CC3)c2)c1. The first-order valence-corrected chi connectivity index (χ1v) is 9.19. The first-order valence-electron chi connectivity index (χ1n) is 9.19. The van der Waals surface area contributed by atoms with Crippen LogP contribution in [-0.4, -0.2) is 6.61 Å². The Hall–Kier alpha value is -2.34. The number of hydrogen-bond acceptors (Lipinski definition) is 1. The van der Waals surface area contributed by atoms with E-state index in [9.17, 15) is 8.78 Å². The van der Waals surface area contributed by atoms with Crippen LogP contribution in [0.2, 0.25) is 0 Å². The number of halogens is 2. The third-order valence-electron chi connectivity index (χ3n) is 4.44. The Labute approximate surface area is 154 Å². The van der Waals surface area contributed by atoms with Crippen LogP contribution in [-0.2, 0) is 12.8 Å². The van der Waals surface area contributed by atoms with Crippen molar-refractivity contribution in [1.82, 2.24) is 0 Å². The van der Waals surface area contributed by atoms with Gasteiger partial charge in [-0.15, -0.1) is 0 Å². The van der Waals surface area contributed by atoms with Crippen molar-refractivity contribution >= 4 is 0 Å². The summed E-state index contributed by atoms with van der Waals surface area (Å²) in [7, 11) is 0. The highest BCUT2D eigenvalue weighted by Crippen LogP contribution is 2.45. The second kappa shape index (κ2) is 8.36. The van der Waals surface area contributed by atoms with Gasteiger partial charge in [0.05, 0.1) is 0 Å². The molecule has 1 nitrogen and oxygen atoms in total. The van der Waals surface area contributed by atoms with Crippen LogP contribution in [0.5, 0.6) is 5.75 Å². The zero-order valence-electron chi connectivity index (χ0n) is 15.3. The largest absolute Gasteiger partial charge is 0.435 e. The zero-order chi connectivity index (χ0) is 18.5. The lowest BCUT2D eigenvalue weighted by Gasteiger charge is -2.12. The van der Waals surface area contributed by atoms with Crippen LogP contribution in [0.25, 0.3) is 0 Å². The third kappa shape index (κ3) is 5.33. The molecule has 0 saturated heterocycles. The van der Waals surface area contributed by atoms with Gasteiger partial charge in [0.15, 0.2) is 0 Å². The molecule has 0 unspecified atom stereocenters. The van der Waals surface area contributed by atoms with Gasteiger partial charge in [0, 0.05) is 11.5 Å². The molecule has 1 aliphatic rings. The molecule has 3 heteroatoms. The number of rotatable bonds is 6. The van der Waals surface area contributed by atoms with Crippen molar-refractivity contribution in [3.8, 4) is 17.6 Å². The maximum absolute atomic E-state index is 12.6. The van der Waals surface area contributed by atoms with E-state index in [2.05, 4.69) is 42.6 Å². The van der Waals surface area contributed by atoms with Gasteiger partial charge in [0.2, 0.25) is 0 Å². The molecular weight excluding hydrogens is 330 g/mol. The molecule has 0 N–H and O–H groups in total. The second-order valence-corrected chi connectivity index (χ2v) is 7.15. The van der Waals surface area contributed by atoms with Crippen molar-refractivity contribution in [2.75, 3.05) is 0 Å². The summed E-state index contributed by atoms with van der Waals surface area (Å²) in [6, 6.07) is 13.9. The van der Waals surface area contributed by atoms with Gasteiger partial charge in [0.25, 0.3) is 0 Å². The fourth-order valence-corrected chi connectivity index (χ4v) is 2.99. The summed E-state index contributed by atoms with van der Waals surface area (Å²) in [6.07, 6.45) is 3.88. The summed E-state index contributed by atoms with van der Waals surface area (Å²) in [6.45, 7) is 1.39.